The van der Waals surface area contributed by atoms with Crippen LogP contribution in [0.2, 0.25) is 0 Å². The maximum absolute atomic E-state index is 5.09. The average molecular weight is 170 g/mol. The van der Waals surface area contributed by atoms with Crippen LogP contribution in [-0.2, 0) is 32.7 Å². The first-order valence-electron chi connectivity index (χ1n) is 1.99. The second-order valence-electron chi connectivity index (χ2n) is 1.29. The summed E-state index contributed by atoms with van der Waals surface area (Å²) in [7, 11) is 0. The van der Waals surface area contributed by atoms with Gasteiger partial charge in [0.2, 0.25) is 0 Å². The normalized spacial score (nSPS) is 11.0. The van der Waals surface area contributed by atoms with Gasteiger partial charge in [-0.05, 0) is 5.92 Å². The molecule has 0 amide bonds. The summed E-state index contributed by atoms with van der Waals surface area (Å²) < 4.78 is 0. The van der Waals surface area contributed by atoms with Crippen molar-refractivity contribution in [2.24, 2.45) is 5.92 Å². The predicted octanol–water partition coefficient (Wildman–Crippen LogP) is 1.80. The van der Waals surface area contributed by atoms with E-state index in [1.54, 1.807) is 12.2 Å². The van der Waals surface area contributed by atoms with Gasteiger partial charge in [0.1, 0.15) is 0 Å². The van der Waals surface area contributed by atoms with E-state index in [1.165, 1.54) is 0 Å². The summed E-state index contributed by atoms with van der Waals surface area (Å²) in [5.41, 5.74) is 0. The SMILES string of the molecule is [CH-]=C[C@H](C)C=C.[Y]. The van der Waals surface area contributed by atoms with Crippen LogP contribution in [0.4, 0.5) is 0 Å². The summed E-state index contributed by atoms with van der Waals surface area (Å²) in [6.07, 6.45) is 3.40. The molecule has 0 heterocycles. The van der Waals surface area contributed by atoms with Crippen molar-refractivity contribution in [3.05, 3.63) is 25.3 Å². The molecule has 0 fully saturated rings. The molecule has 0 unspecified atom stereocenters. The van der Waals surface area contributed by atoms with Crippen molar-refractivity contribution in [3.8, 4) is 0 Å². The molecule has 37 valence electrons. The van der Waals surface area contributed by atoms with Crippen LogP contribution in [0, 0.1) is 12.5 Å². The van der Waals surface area contributed by atoms with Crippen molar-refractivity contribution in [2.45, 2.75) is 6.92 Å². The van der Waals surface area contributed by atoms with Gasteiger partial charge in [0.15, 0.2) is 0 Å². The molecule has 0 nitrogen and oxygen atoms in total. The summed E-state index contributed by atoms with van der Waals surface area (Å²) in [4.78, 5) is 0. The molecule has 0 rings (SSSR count). The van der Waals surface area contributed by atoms with E-state index in [-0.39, 0.29) is 32.7 Å². The number of hydrogen-bond acceptors (Lipinski definition) is 0. The Morgan fingerprint density at radius 3 is 2.14 bits per heavy atom. The van der Waals surface area contributed by atoms with Gasteiger partial charge < -0.3 is 6.58 Å². The van der Waals surface area contributed by atoms with Gasteiger partial charge in [-0.3, -0.25) is 6.08 Å². The zero-order valence-electron chi connectivity index (χ0n) is 4.59. The molecule has 7 heavy (non-hydrogen) atoms. The van der Waals surface area contributed by atoms with E-state index >= 15 is 0 Å². The molecule has 0 bridgehead atoms. The Bertz CT molecular complexity index is 49.2. The Morgan fingerprint density at radius 1 is 1.71 bits per heavy atom. The maximum atomic E-state index is 5.09. The molecule has 0 aliphatic carbocycles. The van der Waals surface area contributed by atoms with Crippen molar-refractivity contribution in [1.29, 1.82) is 0 Å². The van der Waals surface area contributed by atoms with E-state index in [2.05, 4.69) is 6.58 Å². The summed E-state index contributed by atoms with van der Waals surface area (Å²) in [5, 5.41) is 0. The molecule has 0 spiro atoms. The van der Waals surface area contributed by atoms with Crippen LogP contribution in [0.5, 0.6) is 0 Å². The Morgan fingerprint density at radius 2 is 2.14 bits per heavy atom. The zero-order chi connectivity index (χ0) is 4.99. The molecule has 0 aliphatic heterocycles. The molecule has 0 aromatic carbocycles. The number of allylic oxidation sites excluding steroid dienone is 2. The molecule has 1 radical (unpaired) electrons. The Labute approximate surface area is 70.6 Å². The third-order valence-corrected chi connectivity index (χ3v) is 0.675. The van der Waals surface area contributed by atoms with E-state index in [4.69, 9.17) is 6.58 Å². The standard InChI is InChI=1S/C6H9.Y/c1-4-6(3)5-2;/h1,4-6H,2H2,3H3;/q-1;/t6-;/m0./s1. The molecule has 1 heteroatoms. The van der Waals surface area contributed by atoms with Crippen LogP contribution in [0.1, 0.15) is 6.92 Å². The van der Waals surface area contributed by atoms with Crippen molar-refractivity contribution in [1.82, 2.24) is 0 Å². The minimum atomic E-state index is 0. The van der Waals surface area contributed by atoms with E-state index in [1.807, 2.05) is 6.92 Å². The second kappa shape index (κ2) is 6.58. The van der Waals surface area contributed by atoms with Gasteiger partial charge in [0.05, 0.1) is 0 Å². The summed E-state index contributed by atoms with van der Waals surface area (Å²) in [6, 6.07) is 0. The molecule has 0 N–H and O–H groups in total. The van der Waals surface area contributed by atoms with E-state index in [9.17, 15) is 0 Å². The second-order valence-corrected chi connectivity index (χ2v) is 1.29. The summed E-state index contributed by atoms with van der Waals surface area (Å²) in [5.74, 6) is 0.352. The van der Waals surface area contributed by atoms with Crippen molar-refractivity contribution in [3.63, 3.8) is 0 Å². The van der Waals surface area contributed by atoms with Gasteiger partial charge in [0, 0.05) is 32.7 Å². The van der Waals surface area contributed by atoms with Gasteiger partial charge in [-0.15, -0.1) is 6.58 Å². The van der Waals surface area contributed by atoms with Crippen LogP contribution < -0.4 is 0 Å². The molecule has 0 aliphatic rings. The van der Waals surface area contributed by atoms with Gasteiger partial charge in [-0.25, -0.2) is 0 Å². The molecule has 1 atom stereocenters. The van der Waals surface area contributed by atoms with Crippen molar-refractivity contribution < 1.29 is 32.7 Å². The summed E-state index contributed by atoms with van der Waals surface area (Å²) >= 11 is 0. The first-order valence-corrected chi connectivity index (χ1v) is 1.99. The first-order chi connectivity index (χ1) is 2.81. The van der Waals surface area contributed by atoms with Gasteiger partial charge in [0.25, 0.3) is 0 Å². The fraction of sp³-hybridized carbons (Fsp3) is 0.333. The molecular formula is C6H9Y-. The van der Waals surface area contributed by atoms with Crippen LogP contribution in [0.3, 0.4) is 0 Å². The van der Waals surface area contributed by atoms with E-state index in [0.29, 0.717) is 5.92 Å². The molecule has 0 aromatic rings. The third kappa shape index (κ3) is 6.58. The van der Waals surface area contributed by atoms with Crippen molar-refractivity contribution in [2.75, 3.05) is 0 Å². The molecule has 0 aromatic heterocycles. The van der Waals surface area contributed by atoms with E-state index < -0.39 is 0 Å². The minimum absolute atomic E-state index is 0. The molecule has 0 saturated heterocycles. The quantitative estimate of drug-likeness (QED) is 0.437. The summed E-state index contributed by atoms with van der Waals surface area (Å²) in [6.45, 7) is 10.6. The minimum Gasteiger partial charge on any atom is -0.517 e. The maximum Gasteiger partial charge on any atom is 0 e. The largest absolute Gasteiger partial charge is 0.517 e. The van der Waals surface area contributed by atoms with Gasteiger partial charge in [-0.1, -0.05) is 13.0 Å². The molecule has 0 saturated carbocycles. The predicted molar refractivity (Wildman–Crippen MR) is 28.2 cm³/mol. The van der Waals surface area contributed by atoms with Gasteiger partial charge >= 0.3 is 0 Å². The topological polar surface area (TPSA) is 0 Å². The fourth-order valence-corrected chi connectivity index (χ4v) is 0.0786. The number of hydrogen-bond donors (Lipinski definition) is 0. The van der Waals surface area contributed by atoms with Crippen LogP contribution in [0.25, 0.3) is 0 Å². The molecular weight excluding hydrogens is 161 g/mol. The Hall–Kier alpha value is 0.584. The monoisotopic (exact) mass is 170 g/mol. The average Bonchev–Trinajstić information content (AvgIpc) is 1.65. The Balaban J connectivity index is 0. The van der Waals surface area contributed by atoms with Gasteiger partial charge in [-0.2, -0.15) is 0 Å². The van der Waals surface area contributed by atoms with Crippen LogP contribution in [-0.4, -0.2) is 0 Å². The Kier molecular flexibility index (Phi) is 9.92. The third-order valence-electron chi connectivity index (χ3n) is 0.675. The van der Waals surface area contributed by atoms with Crippen LogP contribution >= 0.6 is 0 Å². The van der Waals surface area contributed by atoms with Crippen LogP contribution in [0.15, 0.2) is 18.7 Å². The number of rotatable bonds is 2. The zero-order valence-corrected chi connectivity index (χ0v) is 7.43. The fourth-order valence-electron chi connectivity index (χ4n) is 0.0786. The smallest absolute Gasteiger partial charge is 0 e. The first kappa shape index (κ1) is 10.5. The van der Waals surface area contributed by atoms with E-state index in [0.717, 1.165) is 0 Å². The van der Waals surface area contributed by atoms with Crippen molar-refractivity contribution >= 4 is 0 Å².